The Hall–Kier alpha value is -3.17. The summed E-state index contributed by atoms with van der Waals surface area (Å²) in [4.78, 5) is 25.0. The lowest BCUT2D eigenvalue weighted by Gasteiger charge is -2.12. The molecule has 0 bridgehead atoms. The number of nitrogens with zero attached hydrogens (tertiary/aromatic N) is 2. The molecule has 158 valence electrons. The first-order valence-electron chi connectivity index (χ1n) is 8.80. The van der Waals surface area contributed by atoms with Gasteiger partial charge in [0.15, 0.2) is 0 Å². The van der Waals surface area contributed by atoms with Crippen molar-refractivity contribution in [3.63, 3.8) is 0 Å². The number of carboxylic acid groups (broad SMARTS) is 1. The van der Waals surface area contributed by atoms with Gasteiger partial charge < -0.3 is 5.11 Å². The number of aryl methyl sites for hydroxylation is 1. The van der Waals surface area contributed by atoms with Gasteiger partial charge >= 0.3 is 12.1 Å². The number of carbonyl (C=O) groups excluding carboxylic acids is 1. The van der Waals surface area contributed by atoms with Gasteiger partial charge in [0.2, 0.25) is 0 Å². The zero-order chi connectivity index (χ0) is 22.5. The summed E-state index contributed by atoms with van der Waals surface area (Å²) in [6.07, 6.45) is -4.78. The Kier molecular flexibility index (Phi) is 5.10. The van der Waals surface area contributed by atoms with Crippen molar-refractivity contribution in [2.45, 2.75) is 13.1 Å². The second-order valence-corrected chi connectivity index (χ2v) is 8.40. The third-order valence-electron chi connectivity index (χ3n) is 4.59. The predicted molar refractivity (Wildman–Crippen MR) is 111 cm³/mol. The van der Waals surface area contributed by atoms with Crippen molar-refractivity contribution < 1.29 is 27.9 Å². The summed E-state index contributed by atoms with van der Waals surface area (Å²) in [5.41, 5.74) is -0.357. The van der Waals surface area contributed by atoms with E-state index in [9.17, 15) is 22.8 Å². The molecule has 0 saturated carbocycles. The monoisotopic (exact) mass is 464 g/mol. The fourth-order valence-electron chi connectivity index (χ4n) is 3.19. The van der Waals surface area contributed by atoms with Crippen LogP contribution in [0, 0.1) is 6.92 Å². The summed E-state index contributed by atoms with van der Waals surface area (Å²) in [5, 5.41) is 13.2. The topological polar surface area (TPSA) is 72.2 Å². The first-order chi connectivity index (χ1) is 14.6. The van der Waals surface area contributed by atoms with Gasteiger partial charge in [-0.3, -0.25) is 4.79 Å². The summed E-state index contributed by atoms with van der Waals surface area (Å²) < 4.78 is 42.1. The maximum atomic E-state index is 13.5. The van der Waals surface area contributed by atoms with E-state index >= 15 is 0 Å². The molecule has 4 aromatic rings. The van der Waals surface area contributed by atoms with E-state index in [1.807, 2.05) is 0 Å². The Morgan fingerprint density at radius 2 is 1.77 bits per heavy atom. The Morgan fingerprint density at radius 3 is 2.39 bits per heavy atom. The zero-order valence-electron chi connectivity index (χ0n) is 15.7. The first kappa shape index (κ1) is 21.1. The van der Waals surface area contributed by atoms with E-state index in [-0.39, 0.29) is 10.6 Å². The van der Waals surface area contributed by atoms with Crippen molar-refractivity contribution in [2.75, 3.05) is 0 Å². The van der Waals surface area contributed by atoms with E-state index < -0.39 is 29.2 Å². The molecular formula is C21H12ClF3N2O3S. The Morgan fingerprint density at radius 1 is 1.10 bits per heavy atom. The molecule has 0 aliphatic heterocycles. The Bertz CT molecular complexity index is 1340. The highest BCUT2D eigenvalue weighted by Gasteiger charge is 2.36. The number of carbonyl (C=O) groups is 2. The number of halogens is 4. The molecular weight excluding hydrogens is 453 g/mol. The highest BCUT2D eigenvalue weighted by Crippen LogP contribution is 2.37. The van der Waals surface area contributed by atoms with Crippen LogP contribution >= 0.6 is 22.9 Å². The number of hydrogen-bond donors (Lipinski definition) is 1. The Labute approximate surface area is 182 Å². The van der Waals surface area contributed by atoms with Crippen LogP contribution in [-0.2, 0) is 6.18 Å². The summed E-state index contributed by atoms with van der Waals surface area (Å²) in [7, 11) is 0. The predicted octanol–water partition coefficient (Wildman–Crippen LogP) is 6.13. The molecule has 0 spiro atoms. The van der Waals surface area contributed by atoms with Crippen LogP contribution in [0.15, 0.2) is 48.5 Å². The van der Waals surface area contributed by atoms with Crippen LogP contribution in [0.5, 0.6) is 0 Å². The number of rotatable bonds is 3. The van der Waals surface area contributed by atoms with E-state index in [0.717, 1.165) is 15.6 Å². The first-order valence-corrected chi connectivity index (χ1v) is 10.00. The van der Waals surface area contributed by atoms with Crippen molar-refractivity contribution >= 4 is 45.0 Å². The van der Waals surface area contributed by atoms with E-state index in [0.29, 0.717) is 27.5 Å². The summed E-state index contributed by atoms with van der Waals surface area (Å²) in [6.45, 7) is 1.81. The molecule has 0 radical (unpaired) electrons. The average molecular weight is 465 g/mol. The van der Waals surface area contributed by atoms with Crippen molar-refractivity contribution in [1.82, 2.24) is 9.78 Å². The van der Waals surface area contributed by atoms with E-state index in [2.05, 4.69) is 5.10 Å². The molecule has 5 nitrogen and oxygen atoms in total. The number of hydrogen-bond acceptors (Lipinski definition) is 4. The average Bonchev–Trinajstić information content (AvgIpc) is 3.24. The van der Waals surface area contributed by atoms with Gasteiger partial charge in [-0.15, -0.1) is 11.3 Å². The molecule has 4 rings (SSSR count). The van der Waals surface area contributed by atoms with Crippen LogP contribution in [0.25, 0.3) is 21.5 Å². The number of benzene rings is 2. The molecule has 1 N–H and O–H groups in total. The smallest absolute Gasteiger partial charge is 0.417 e. The standard InChI is InChI=1S/C21H12ClF3N2O3S/c1-10-8-16-18(31-10)17(11-2-4-12(5-3-11)20(29)30)26-27(16)19(28)14-7-6-13(22)9-15(14)21(23,24)25/h2-9H,1H3,(H,29,30). The van der Waals surface area contributed by atoms with Gasteiger partial charge in [0.05, 0.1) is 26.9 Å². The normalized spacial score (nSPS) is 11.8. The van der Waals surface area contributed by atoms with Gasteiger partial charge in [-0.1, -0.05) is 23.7 Å². The van der Waals surface area contributed by atoms with Crippen LogP contribution in [0.4, 0.5) is 13.2 Å². The van der Waals surface area contributed by atoms with Crippen LogP contribution in [0.3, 0.4) is 0 Å². The molecule has 0 fully saturated rings. The fourth-order valence-corrected chi connectivity index (χ4v) is 4.36. The second kappa shape index (κ2) is 7.51. The molecule has 2 heterocycles. The molecule has 10 heteroatoms. The molecule has 0 aliphatic rings. The van der Waals surface area contributed by atoms with Gasteiger partial charge in [0.25, 0.3) is 5.91 Å². The van der Waals surface area contributed by atoms with Crippen molar-refractivity contribution in [1.29, 1.82) is 0 Å². The lowest BCUT2D eigenvalue weighted by atomic mass is 10.1. The highest BCUT2D eigenvalue weighted by molar-refractivity contribution is 7.19. The SMILES string of the molecule is Cc1cc2c(s1)c(-c1ccc(C(=O)O)cc1)nn2C(=O)c1ccc(Cl)cc1C(F)(F)F. The molecule has 0 saturated heterocycles. The number of alkyl halides is 3. The molecule has 2 aromatic carbocycles. The Balaban J connectivity index is 1.89. The molecule has 31 heavy (non-hydrogen) atoms. The third-order valence-corrected chi connectivity index (χ3v) is 5.88. The molecule has 0 unspecified atom stereocenters. The highest BCUT2D eigenvalue weighted by atomic mass is 35.5. The summed E-state index contributed by atoms with van der Waals surface area (Å²) in [6, 6.07) is 10.5. The van der Waals surface area contributed by atoms with Gasteiger partial charge in [-0.05, 0) is 43.3 Å². The molecule has 2 aromatic heterocycles. The van der Waals surface area contributed by atoms with Crippen LogP contribution < -0.4 is 0 Å². The number of carboxylic acids is 1. The number of aromatic carboxylic acids is 1. The molecule has 0 atom stereocenters. The third kappa shape index (κ3) is 3.82. The van der Waals surface area contributed by atoms with Crippen molar-refractivity contribution in [3.8, 4) is 11.3 Å². The lowest BCUT2D eigenvalue weighted by molar-refractivity contribution is -0.137. The maximum absolute atomic E-state index is 13.5. The van der Waals surface area contributed by atoms with Gasteiger partial charge in [-0.25, -0.2) is 4.79 Å². The largest absolute Gasteiger partial charge is 0.478 e. The minimum Gasteiger partial charge on any atom is -0.478 e. The zero-order valence-corrected chi connectivity index (χ0v) is 17.3. The van der Waals surface area contributed by atoms with Gasteiger partial charge in [-0.2, -0.15) is 23.0 Å². The van der Waals surface area contributed by atoms with Gasteiger partial charge in [0, 0.05) is 15.5 Å². The minimum atomic E-state index is -4.78. The van der Waals surface area contributed by atoms with Crippen LogP contribution in [0.2, 0.25) is 5.02 Å². The summed E-state index contributed by atoms with van der Waals surface area (Å²) >= 11 is 7.05. The van der Waals surface area contributed by atoms with E-state index in [4.69, 9.17) is 16.7 Å². The van der Waals surface area contributed by atoms with Crippen molar-refractivity contribution in [2.24, 2.45) is 0 Å². The number of fused-ring (bicyclic) bond motifs is 1. The number of thiophene rings is 1. The lowest BCUT2D eigenvalue weighted by Crippen LogP contribution is -2.19. The molecule has 0 aliphatic carbocycles. The van der Waals surface area contributed by atoms with Crippen LogP contribution in [0.1, 0.15) is 31.2 Å². The maximum Gasteiger partial charge on any atom is 0.417 e. The summed E-state index contributed by atoms with van der Waals surface area (Å²) in [5.74, 6) is -2.04. The quantitative estimate of drug-likeness (QED) is 0.395. The second-order valence-electron chi connectivity index (χ2n) is 6.71. The van der Waals surface area contributed by atoms with E-state index in [1.165, 1.54) is 29.5 Å². The van der Waals surface area contributed by atoms with Gasteiger partial charge in [0.1, 0.15) is 5.69 Å². The van der Waals surface area contributed by atoms with Crippen LogP contribution in [-0.4, -0.2) is 26.8 Å². The van der Waals surface area contributed by atoms with Crippen molar-refractivity contribution in [3.05, 3.63) is 75.1 Å². The number of aromatic nitrogens is 2. The fraction of sp³-hybridized carbons (Fsp3) is 0.0952. The van der Waals surface area contributed by atoms with E-state index in [1.54, 1.807) is 25.1 Å². The minimum absolute atomic E-state index is 0.0776. The molecule has 0 amide bonds.